The highest BCUT2D eigenvalue weighted by molar-refractivity contribution is 5.82. The molecule has 3 nitrogen and oxygen atoms in total. The van der Waals surface area contributed by atoms with Gasteiger partial charge in [0.2, 0.25) is 5.91 Å². The van der Waals surface area contributed by atoms with Gasteiger partial charge in [0.25, 0.3) is 0 Å². The van der Waals surface area contributed by atoms with Crippen LogP contribution in [0.4, 0.5) is 10.1 Å². The number of amides is 1. The van der Waals surface area contributed by atoms with E-state index < -0.39 is 0 Å². The third-order valence-corrected chi connectivity index (χ3v) is 5.47. The molecule has 4 heteroatoms. The summed E-state index contributed by atoms with van der Waals surface area (Å²) in [4.78, 5) is 15.3. The maximum absolute atomic E-state index is 13.0. The Morgan fingerprint density at radius 1 is 1.12 bits per heavy atom. The van der Waals surface area contributed by atoms with Crippen molar-refractivity contribution in [1.29, 1.82) is 0 Å². The molecule has 0 aliphatic carbocycles. The number of hydrogen-bond donors (Lipinski definition) is 1. The Kier molecular flexibility index (Phi) is 4.43. The molecule has 1 fully saturated rings. The molecule has 1 amide bonds. The third kappa shape index (κ3) is 3.26. The molecule has 0 spiro atoms. The van der Waals surface area contributed by atoms with Crippen LogP contribution in [0.1, 0.15) is 30.4 Å². The minimum atomic E-state index is -0.253. The SMILES string of the molecule is O=C(NCc1ccc(F)cc1)C1Cc2ccccc2N2CCCCC12. The minimum Gasteiger partial charge on any atom is -0.368 e. The molecule has 2 heterocycles. The fourth-order valence-corrected chi connectivity index (χ4v) is 4.20. The number of hydrogen-bond acceptors (Lipinski definition) is 2. The lowest BCUT2D eigenvalue weighted by molar-refractivity contribution is -0.126. The predicted molar refractivity (Wildman–Crippen MR) is 96.9 cm³/mol. The lowest BCUT2D eigenvalue weighted by Gasteiger charge is -2.46. The van der Waals surface area contributed by atoms with Crippen LogP contribution < -0.4 is 10.2 Å². The van der Waals surface area contributed by atoms with E-state index in [9.17, 15) is 9.18 Å². The smallest absolute Gasteiger partial charge is 0.225 e. The van der Waals surface area contributed by atoms with Crippen LogP contribution in [0.5, 0.6) is 0 Å². The molecule has 2 aromatic rings. The third-order valence-electron chi connectivity index (χ3n) is 5.47. The molecule has 2 unspecified atom stereocenters. The first-order valence-electron chi connectivity index (χ1n) is 9.09. The van der Waals surface area contributed by atoms with Gasteiger partial charge in [-0.1, -0.05) is 30.3 Å². The Bertz CT molecular complexity index is 759. The van der Waals surface area contributed by atoms with Crippen LogP contribution in [0, 0.1) is 11.7 Å². The molecule has 0 radical (unpaired) electrons. The molecule has 2 aromatic carbocycles. The van der Waals surface area contributed by atoms with Gasteiger partial charge < -0.3 is 10.2 Å². The fourth-order valence-electron chi connectivity index (χ4n) is 4.20. The average Bonchev–Trinajstić information content (AvgIpc) is 2.66. The number of carbonyl (C=O) groups is 1. The highest BCUT2D eigenvalue weighted by Gasteiger charge is 2.39. The molecule has 2 aliphatic rings. The van der Waals surface area contributed by atoms with Crippen molar-refractivity contribution in [3.05, 3.63) is 65.5 Å². The molecule has 25 heavy (non-hydrogen) atoms. The minimum absolute atomic E-state index is 0.0179. The molecule has 1 N–H and O–H groups in total. The maximum Gasteiger partial charge on any atom is 0.225 e. The quantitative estimate of drug-likeness (QED) is 0.926. The van der Waals surface area contributed by atoms with Crippen molar-refractivity contribution in [2.24, 2.45) is 5.92 Å². The van der Waals surface area contributed by atoms with E-state index in [0.29, 0.717) is 6.54 Å². The summed E-state index contributed by atoms with van der Waals surface area (Å²) in [5.41, 5.74) is 3.49. The van der Waals surface area contributed by atoms with E-state index in [-0.39, 0.29) is 23.7 Å². The van der Waals surface area contributed by atoms with E-state index in [1.807, 2.05) is 0 Å². The topological polar surface area (TPSA) is 32.3 Å². The maximum atomic E-state index is 13.0. The first-order valence-corrected chi connectivity index (χ1v) is 9.09. The van der Waals surface area contributed by atoms with Crippen LogP contribution >= 0.6 is 0 Å². The normalized spacial score (nSPS) is 22.0. The number of benzene rings is 2. The highest BCUT2D eigenvalue weighted by Crippen LogP contribution is 2.38. The number of nitrogens with zero attached hydrogens (tertiary/aromatic N) is 1. The molecule has 1 saturated heterocycles. The molecule has 0 bridgehead atoms. The van der Waals surface area contributed by atoms with Crippen molar-refractivity contribution in [2.45, 2.75) is 38.3 Å². The van der Waals surface area contributed by atoms with Crippen LogP contribution in [0.25, 0.3) is 0 Å². The Morgan fingerprint density at radius 3 is 2.76 bits per heavy atom. The summed E-state index contributed by atoms with van der Waals surface area (Å²) in [6.45, 7) is 1.48. The summed E-state index contributed by atoms with van der Waals surface area (Å²) in [6.07, 6.45) is 4.25. The summed E-state index contributed by atoms with van der Waals surface area (Å²) in [5.74, 6) is -0.164. The number of piperidine rings is 1. The summed E-state index contributed by atoms with van der Waals surface area (Å²) in [7, 11) is 0. The summed E-state index contributed by atoms with van der Waals surface area (Å²) < 4.78 is 13.0. The van der Waals surface area contributed by atoms with E-state index >= 15 is 0 Å². The Labute approximate surface area is 147 Å². The van der Waals surface area contributed by atoms with Gasteiger partial charge in [0.15, 0.2) is 0 Å². The van der Waals surface area contributed by atoms with Gasteiger partial charge in [0, 0.05) is 24.8 Å². The number of carbonyl (C=O) groups excluding carboxylic acids is 1. The van der Waals surface area contributed by atoms with Crippen molar-refractivity contribution >= 4 is 11.6 Å². The largest absolute Gasteiger partial charge is 0.368 e. The highest BCUT2D eigenvalue weighted by atomic mass is 19.1. The second-order valence-corrected chi connectivity index (χ2v) is 7.04. The Balaban J connectivity index is 1.50. The van der Waals surface area contributed by atoms with Crippen molar-refractivity contribution in [3.63, 3.8) is 0 Å². The van der Waals surface area contributed by atoms with E-state index in [0.717, 1.165) is 24.9 Å². The molecule has 2 aliphatic heterocycles. The van der Waals surface area contributed by atoms with E-state index in [2.05, 4.69) is 34.5 Å². The molecule has 130 valence electrons. The van der Waals surface area contributed by atoms with Gasteiger partial charge in [-0.25, -0.2) is 4.39 Å². The number of rotatable bonds is 3. The number of anilines is 1. The van der Waals surface area contributed by atoms with Crippen LogP contribution in [-0.2, 0) is 17.8 Å². The molecule has 0 aromatic heterocycles. The lowest BCUT2D eigenvalue weighted by Crippen LogP contribution is -2.53. The van der Waals surface area contributed by atoms with Crippen molar-refractivity contribution in [1.82, 2.24) is 5.32 Å². The number of fused-ring (bicyclic) bond motifs is 3. The van der Waals surface area contributed by atoms with Gasteiger partial charge in [0.05, 0.1) is 5.92 Å². The zero-order valence-corrected chi connectivity index (χ0v) is 14.2. The van der Waals surface area contributed by atoms with Crippen molar-refractivity contribution < 1.29 is 9.18 Å². The van der Waals surface area contributed by atoms with Gasteiger partial charge in [0.1, 0.15) is 5.82 Å². The van der Waals surface area contributed by atoms with E-state index in [1.165, 1.54) is 36.2 Å². The van der Waals surface area contributed by atoms with E-state index in [4.69, 9.17) is 0 Å². The number of nitrogens with one attached hydrogen (secondary N) is 1. The first-order chi connectivity index (χ1) is 12.2. The number of para-hydroxylation sites is 1. The molecule has 0 saturated carbocycles. The van der Waals surface area contributed by atoms with Crippen LogP contribution in [0.15, 0.2) is 48.5 Å². The van der Waals surface area contributed by atoms with Gasteiger partial charge >= 0.3 is 0 Å². The average molecular weight is 338 g/mol. The summed E-state index contributed by atoms with van der Waals surface area (Å²) in [6, 6.07) is 15.0. The Hall–Kier alpha value is -2.36. The number of halogens is 1. The monoisotopic (exact) mass is 338 g/mol. The van der Waals surface area contributed by atoms with Crippen LogP contribution in [0.2, 0.25) is 0 Å². The van der Waals surface area contributed by atoms with Crippen molar-refractivity contribution in [2.75, 3.05) is 11.4 Å². The van der Waals surface area contributed by atoms with Gasteiger partial charge in [-0.2, -0.15) is 0 Å². The van der Waals surface area contributed by atoms with E-state index in [1.54, 1.807) is 12.1 Å². The second-order valence-electron chi connectivity index (χ2n) is 7.04. The molecular formula is C21H23FN2O. The first kappa shape index (κ1) is 16.1. The molecule has 2 atom stereocenters. The van der Waals surface area contributed by atoms with Gasteiger partial charge in [-0.05, 0) is 55.0 Å². The lowest BCUT2D eigenvalue weighted by atomic mass is 9.80. The standard InChI is InChI=1S/C21H23FN2O/c22-17-10-8-15(9-11-17)14-23-21(25)18-13-16-5-1-2-6-19(16)24-12-4-3-7-20(18)24/h1-2,5-6,8-11,18,20H,3-4,7,12-14H2,(H,23,25). The van der Waals surface area contributed by atoms with Crippen molar-refractivity contribution in [3.8, 4) is 0 Å². The van der Waals surface area contributed by atoms with Gasteiger partial charge in [-0.3, -0.25) is 4.79 Å². The summed E-state index contributed by atoms with van der Waals surface area (Å²) >= 11 is 0. The molecule has 4 rings (SSSR count). The van der Waals surface area contributed by atoms with Crippen LogP contribution in [0.3, 0.4) is 0 Å². The molecular weight excluding hydrogens is 315 g/mol. The summed E-state index contributed by atoms with van der Waals surface area (Å²) in [5, 5.41) is 3.06. The predicted octanol–water partition coefficient (Wildman–Crippen LogP) is 3.67. The fraction of sp³-hybridized carbons (Fsp3) is 0.381. The van der Waals surface area contributed by atoms with Gasteiger partial charge in [-0.15, -0.1) is 0 Å². The second kappa shape index (κ2) is 6.87. The van der Waals surface area contributed by atoms with Crippen LogP contribution in [-0.4, -0.2) is 18.5 Å². The zero-order chi connectivity index (χ0) is 17.2. The zero-order valence-electron chi connectivity index (χ0n) is 14.2. The Morgan fingerprint density at radius 2 is 1.92 bits per heavy atom.